The van der Waals surface area contributed by atoms with Crippen LogP contribution < -0.4 is 4.74 Å². The molecule has 3 heterocycles. The van der Waals surface area contributed by atoms with E-state index in [0.29, 0.717) is 11.7 Å². The highest BCUT2D eigenvalue weighted by Gasteiger charge is 2.33. The van der Waals surface area contributed by atoms with E-state index in [1.165, 1.54) is 0 Å². The first-order chi connectivity index (χ1) is 11.7. The van der Waals surface area contributed by atoms with Crippen LogP contribution in [0.25, 0.3) is 0 Å². The topological polar surface area (TPSA) is 60.2 Å². The number of aryl methyl sites for hydroxylation is 1. The Morgan fingerprint density at radius 3 is 2.83 bits per heavy atom. The van der Waals surface area contributed by atoms with Gasteiger partial charge in [0, 0.05) is 36.7 Å². The summed E-state index contributed by atoms with van der Waals surface area (Å²) < 4.78 is 7.90. The average Bonchev–Trinajstić information content (AvgIpc) is 3.07. The molecule has 4 rings (SSSR count). The molecule has 1 atom stereocenters. The summed E-state index contributed by atoms with van der Waals surface area (Å²) in [6.45, 7) is 1.51. The molecule has 0 spiro atoms. The first-order valence-corrected chi connectivity index (χ1v) is 9.22. The third-order valence-corrected chi connectivity index (χ3v) is 5.82. The summed E-state index contributed by atoms with van der Waals surface area (Å²) in [5.74, 6) is 3.00. The second-order valence-corrected chi connectivity index (χ2v) is 7.33. The molecule has 7 heteroatoms. The van der Waals surface area contributed by atoms with E-state index >= 15 is 0 Å². The lowest BCUT2D eigenvalue weighted by Crippen LogP contribution is -2.47. The number of para-hydroxylation sites is 1. The van der Waals surface area contributed by atoms with Crippen LogP contribution in [-0.4, -0.2) is 50.5 Å². The fourth-order valence-corrected chi connectivity index (χ4v) is 4.34. The van der Waals surface area contributed by atoms with E-state index in [2.05, 4.69) is 10.2 Å². The van der Waals surface area contributed by atoms with Gasteiger partial charge in [0.1, 0.15) is 17.9 Å². The molecular weight excluding hydrogens is 324 g/mol. The largest absolute Gasteiger partial charge is 0.479 e. The van der Waals surface area contributed by atoms with Crippen molar-refractivity contribution in [3.8, 4) is 5.75 Å². The lowest BCUT2D eigenvalue weighted by Gasteiger charge is -2.35. The minimum atomic E-state index is -0.378. The molecule has 1 amide bonds. The fourth-order valence-electron chi connectivity index (χ4n) is 3.36. The molecule has 6 nitrogen and oxygen atoms in total. The maximum Gasteiger partial charge on any atom is 0.264 e. The average molecular weight is 344 g/mol. The van der Waals surface area contributed by atoms with E-state index in [9.17, 15) is 4.79 Å². The van der Waals surface area contributed by atoms with Crippen LogP contribution in [0.5, 0.6) is 5.75 Å². The van der Waals surface area contributed by atoms with Gasteiger partial charge in [-0.15, -0.1) is 22.0 Å². The molecular formula is C17H20N4O2S. The second-order valence-electron chi connectivity index (χ2n) is 6.26. The van der Waals surface area contributed by atoms with Crippen molar-refractivity contribution in [3.05, 3.63) is 36.4 Å². The monoisotopic (exact) mass is 344 g/mol. The molecule has 2 aliphatic rings. The summed E-state index contributed by atoms with van der Waals surface area (Å²) in [5.41, 5.74) is 0. The number of aromatic nitrogens is 3. The zero-order chi connectivity index (χ0) is 16.5. The minimum Gasteiger partial charge on any atom is -0.479 e. The number of rotatable bonds is 2. The summed E-state index contributed by atoms with van der Waals surface area (Å²) in [7, 11) is 1.97. The van der Waals surface area contributed by atoms with Crippen molar-refractivity contribution >= 4 is 17.7 Å². The van der Waals surface area contributed by atoms with E-state index < -0.39 is 0 Å². The Kier molecular flexibility index (Phi) is 4.18. The van der Waals surface area contributed by atoms with Crippen molar-refractivity contribution in [1.82, 2.24) is 19.7 Å². The van der Waals surface area contributed by atoms with Gasteiger partial charge in [-0.25, -0.2) is 0 Å². The minimum absolute atomic E-state index is 0.105. The lowest BCUT2D eigenvalue weighted by atomic mass is 9.95. The summed E-state index contributed by atoms with van der Waals surface area (Å²) in [5, 5.41) is 8.16. The number of piperidine rings is 1. The van der Waals surface area contributed by atoms with Crippen LogP contribution in [0.3, 0.4) is 0 Å². The Labute approximate surface area is 145 Å². The van der Waals surface area contributed by atoms with Gasteiger partial charge < -0.3 is 14.2 Å². The molecule has 0 aliphatic carbocycles. The predicted molar refractivity (Wildman–Crippen MR) is 91.1 cm³/mol. The van der Waals surface area contributed by atoms with Crippen LogP contribution in [-0.2, 0) is 11.8 Å². The molecule has 2 aromatic rings. The smallest absolute Gasteiger partial charge is 0.264 e. The van der Waals surface area contributed by atoms with Crippen molar-refractivity contribution in [1.29, 1.82) is 0 Å². The van der Waals surface area contributed by atoms with Gasteiger partial charge in [0.25, 0.3) is 5.91 Å². The Balaban J connectivity index is 1.38. The lowest BCUT2D eigenvalue weighted by molar-refractivity contribution is -0.139. The molecule has 1 aromatic heterocycles. The van der Waals surface area contributed by atoms with Gasteiger partial charge in [0.2, 0.25) is 0 Å². The Morgan fingerprint density at radius 1 is 1.29 bits per heavy atom. The Bertz CT molecular complexity index is 740. The molecule has 0 unspecified atom stereocenters. The van der Waals surface area contributed by atoms with Gasteiger partial charge in [-0.1, -0.05) is 12.1 Å². The van der Waals surface area contributed by atoms with Gasteiger partial charge in [-0.3, -0.25) is 4.79 Å². The van der Waals surface area contributed by atoms with E-state index in [1.807, 2.05) is 40.8 Å². The standard InChI is InChI=1S/C17H20N4O2S/c1-20-11-18-19-16(20)12-6-8-21(9-7-12)17(22)14-10-24-15-5-3-2-4-13(15)23-14/h2-5,11-12,14H,6-10H2,1H3/t14-/m0/s1. The van der Waals surface area contributed by atoms with Crippen LogP contribution >= 0.6 is 11.8 Å². The van der Waals surface area contributed by atoms with Gasteiger partial charge in [-0.2, -0.15) is 0 Å². The molecule has 0 radical (unpaired) electrons. The molecule has 0 bridgehead atoms. The van der Waals surface area contributed by atoms with Gasteiger partial charge >= 0.3 is 0 Å². The number of benzene rings is 1. The molecule has 1 saturated heterocycles. The molecule has 1 fully saturated rings. The van der Waals surface area contributed by atoms with E-state index in [1.54, 1.807) is 18.1 Å². The van der Waals surface area contributed by atoms with Gasteiger partial charge in [0.05, 0.1) is 0 Å². The molecule has 126 valence electrons. The Hall–Kier alpha value is -2.02. The molecule has 0 N–H and O–H groups in total. The highest BCUT2D eigenvalue weighted by molar-refractivity contribution is 7.99. The molecule has 0 saturated carbocycles. The third kappa shape index (κ3) is 2.88. The summed E-state index contributed by atoms with van der Waals surface area (Å²) in [6, 6.07) is 7.91. The number of nitrogens with zero attached hydrogens (tertiary/aromatic N) is 4. The number of likely N-dealkylation sites (tertiary alicyclic amines) is 1. The van der Waals surface area contributed by atoms with Gasteiger partial charge in [-0.05, 0) is 25.0 Å². The van der Waals surface area contributed by atoms with Crippen molar-refractivity contribution in [3.63, 3.8) is 0 Å². The van der Waals surface area contributed by atoms with Gasteiger partial charge in [0.15, 0.2) is 6.10 Å². The highest BCUT2D eigenvalue weighted by atomic mass is 32.2. The third-order valence-electron chi connectivity index (χ3n) is 4.70. The number of hydrogen-bond donors (Lipinski definition) is 0. The zero-order valence-corrected chi connectivity index (χ0v) is 14.4. The van der Waals surface area contributed by atoms with Crippen LogP contribution in [0, 0.1) is 0 Å². The van der Waals surface area contributed by atoms with E-state index in [4.69, 9.17) is 4.74 Å². The van der Waals surface area contributed by atoms with Crippen molar-refractivity contribution in [2.24, 2.45) is 7.05 Å². The molecule has 24 heavy (non-hydrogen) atoms. The van der Waals surface area contributed by atoms with Crippen LogP contribution in [0.2, 0.25) is 0 Å². The van der Waals surface area contributed by atoms with Crippen molar-refractivity contribution < 1.29 is 9.53 Å². The fraction of sp³-hybridized carbons (Fsp3) is 0.471. The molecule has 1 aromatic carbocycles. The summed E-state index contributed by atoms with van der Waals surface area (Å²) in [4.78, 5) is 15.8. The zero-order valence-electron chi connectivity index (χ0n) is 13.6. The first kappa shape index (κ1) is 15.5. The van der Waals surface area contributed by atoms with E-state index in [-0.39, 0.29) is 12.0 Å². The number of ether oxygens (including phenoxy) is 1. The van der Waals surface area contributed by atoms with Crippen molar-refractivity contribution in [2.75, 3.05) is 18.8 Å². The first-order valence-electron chi connectivity index (χ1n) is 8.23. The number of carbonyl (C=O) groups excluding carboxylic acids is 1. The normalized spacial score (nSPS) is 21.2. The summed E-state index contributed by atoms with van der Waals surface area (Å²) >= 11 is 1.70. The molecule has 2 aliphatic heterocycles. The van der Waals surface area contributed by atoms with Crippen LogP contribution in [0.4, 0.5) is 0 Å². The number of thioether (sulfide) groups is 1. The summed E-state index contributed by atoms with van der Waals surface area (Å²) in [6.07, 6.45) is 3.21. The maximum absolute atomic E-state index is 12.8. The number of hydrogen-bond acceptors (Lipinski definition) is 5. The van der Waals surface area contributed by atoms with Crippen molar-refractivity contribution in [2.45, 2.75) is 29.8 Å². The van der Waals surface area contributed by atoms with Crippen LogP contribution in [0.1, 0.15) is 24.6 Å². The van der Waals surface area contributed by atoms with E-state index in [0.717, 1.165) is 42.4 Å². The second kappa shape index (κ2) is 6.47. The quantitative estimate of drug-likeness (QED) is 0.835. The number of amides is 1. The maximum atomic E-state index is 12.8. The number of fused-ring (bicyclic) bond motifs is 1. The highest BCUT2D eigenvalue weighted by Crippen LogP contribution is 2.36. The SMILES string of the molecule is Cn1cnnc1C1CCN(C(=O)[C@@H]2CSc3ccccc3O2)CC1. The number of carbonyl (C=O) groups is 1. The van der Waals surface area contributed by atoms with Crippen LogP contribution in [0.15, 0.2) is 35.5 Å². The predicted octanol–water partition coefficient (Wildman–Crippen LogP) is 2.07. The Morgan fingerprint density at radius 2 is 2.08 bits per heavy atom.